The van der Waals surface area contributed by atoms with Crippen molar-refractivity contribution in [2.45, 2.75) is 26.2 Å². The largest absolute Gasteiger partial charge is 0.383 e. The minimum atomic E-state index is -0.163. The Kier molecular flexibility index (Phi) is 4.28. The van der Waals surface area contributed by atoms with Gasteiger partial charge in [0.2, 0.25) is 0 Å². The summed E-state index contributed by atoms with van der Waals surface area (Å²) in [5.74, 6) is 0.892. The Hall–Kier alpha value is -0.840. The number of benzene rings is 1. The lowest BCUT2D eigenvalue weighted by Gasteiger charge is -2.21. The van der Waals surface area contributed by atoms with Gasteiger partial charge in [-0.1, -0.05) is 44.0 Å². The summed E-state index contributed by atoms with van der Waals surface area (Å²) in [5.41, 5.74) is 7.35. The molecule has 2 aromatic rings. The fourth-order valence-corrected chi connectivity index (χ4v) is 3.02. The third-order valence-electron chi connectivity index (χ3n) is 2.76. The maximum atomic E-state index is 6.21. The third kappa shape index (κ3) is 3.08. The Morgan fingerprint density at radius 2 is 1.80 bits per heavy atom. The molecule has 106 valence electrons. The van der Waals surface area contributed by atoms with Crippen LogP contribution in [0.15, 0.2) is 22.7 Å². The number of hydrogen-bond acceptors (Lipinski definition) is 3. The molecule has 0 aliphatic heterocycles. The zero-order chi connectivity index (χ0) is 15.1. The Morgan fingerprint density at radius 1 is 1.15 bits per heavy atom. The first-order valence-electron chi connectivity index (χ1n) is 5.99. The molecule has 1 aromatic heterocycles. The van der Waals surface area contributed by atoms with Gasteiger partial charge in [-0.15, -0.1) is 0 Å². The average molecular weight is 375 g/mol. The number of nitrogens with two attached hydrogens (primary N) is 1. The van der Waals surface area contributed by atoms with E-state index in [0.717, 1.165) is 10.2 Å². The maximum Gasteiger partial charge on any atom is 0.163 e. The van der Waals surface area contributed by atoms with E-state index in [2.05, 4.69) is 46.7 Å². The first-order chi connectivity index (χ1) is 9.20. The van der Waals surface area contributed by atoms with Crippen molar-refractivity contribution in [2.75, 3.05) is 5.73 Å². The molecule has 0 amide bonds. The Balaban J connectivity index is 2.67. The first-order valence-corrected chi connectivity index (χ1v) is 7.54. The van der Waals surface area contributed by atoms with Crippen molar-refractivity contribution in [2.24, 2.45) is 0 Å². The van der Waals surface area contributed by atoms with Crippen LogP contribution >= 0.6 is 39.1 Å². The molecular weight excluding hydrogens is 361 g/mol. The van der Waals surface area contributed by atoms with Crippen LogP contribution in [0.4, 0.5) is 5.82 Å². The zero-order valence-electron chi connectivity index (χ0n) is 11.3. The fourth-order valence-electron chi connectivity index (χ4n) is 1.75. The molecule has 0 unspecified atom stereocenters. The van der Waals surface area contributed by atoms with Crippen molar-refractivity contribution in [3.8, 4) is 11.4 Å². The van der Waals surface area contributed by atoms with Gasteiger partial charge in [-0.05, 0) is 34.1 Å². The van der Waals surface area contributed by atoms with Crippen molar-refractivity contribution < 1.29 is 0 Å². The molecular formula is C14H14BrCl2N3. The lowest BCUT2D eigenvalue weighted by Crippen LogP contribution is -2.17. The topological polar surface area (TPSA) is 51.8 Å². The number of hydrogen-bond donors (Lipinski definition) is 1. The summed E-state index contributed by atoms with van der Waals surface area (Å²) < 4.78 is 0.721. The van der Waals surface area contributed by atoms with Gasteiger partial charge in [0.25, 0.3) is 0 Å². The van der Waals surface area contributed by atoms with Crippen LogP contribution in [0.5, 0.6) is 0 Å². The Labute approximate surface area is 136 Å². The van der Waals surface area contributed by atoms with E-state index in [1.54, 1.807) is 18.2 Å². The highest BCUT2D eigenvalue weighted by Gasteiger charge is 2.23. The molecule has 0 aliphatic carbocycles. The van der Waals surface area contributed by atoms with E-state index in [1.807, 2.05) is 0 Å². The monoisotopic (exact) mass is 373 g/mol. The van der Waals surface area contributed by atoms with Gasteiger partial charge in [-0.25, -0.2) is 9.97 Å². The number of anilines is 1. The van der Waals surface area contributed by atoms with Gasteiger partial charge < -0.3 is 5.73 Å². The molecule has 1 heterocycles. The van der Waals surface area contributed by atoms with Crippen molar-refractivity contribution >= 4 is 44.9 Å². The van der Waals surface area contributed by atoms with E-state index in [9.17, 15) is 0 Å². The molecule has 0 spiro atoms. The molecule has 2 N–H and O–H groups in total. The summed E-state index contributed by atoms with van der Waals surface area (Å²) in [6.07, 6.45) is 0. The van der Waals surface area contributed by atoms with Gasteiger partial charge in [-0.3, -0.25) is 0 Å². The molecule has 3 nitrogen and oxygen atoms in total. The Morgan fingerprint density at radius 3 is 2.35 bits per heavy atom. The third-order valence-corrected chi connectivity index (χ3v) is 4.09. The highest BCUT2D eigenvalue weighted by atomic mass is 79.9. The van der Waals surface area contributed by atoms with Crippen LogP contribution < -0.4 is 5.73 Å². The van der Waals surface area contributed by atoms with Crippen LogP contribution in [-0.4, -0.2) is 9.97 Å². The summed E-state index contributed by atoms with van der Waals surface area (Å²) >= 11 is 15.6. The summed E-state index contributed by atoms with van der Waals surface area (Å²) in [7, 11) is 0. The van der Waals surface area contributed by atoms with E-state index >= 15 is 0 Å². The van der Waals surface area contributed by atoms with Crippen LogP contribution in [0, 0.1) is 0 Å². The standard InChI is InChI=1S/C14H14BrCl2N3/c1-14(2,3)11-10(15)12(18)20-13(19-11)8-5-4-7(16)6-9(8)17/h4-6H,1-3H3,(H2,18,19,20). The number of rotatable bonds is 1. The number of aromatic nitrogens is 2. The summed E-state index contributed by atoms with van der Waals surface area (Å²) in [5, 5.41) is 1.07. The van der Waals surface area contributed by atoms with Crippen LogP contribution in [0.3, 0.4) is 0 Å². The van der Waals surface area contributed by atoms with E-state index in [-0.39, 0.29) is 5.41 Å². The van der Waals surface area contributed by atoms with E-state index in [0.29, 0.717) is 27.3 Å². The van der Waals surface area contributed by atoms with Gasteiger partial charge in [-0.2, -0.15) is 0 Å². The molecule has 0 saturated heterocycles. The minimum Gasteiger partial charge on any atom is -0.383 e. The van der Waals surface area contributed by atoms with E-state index in [4.69, 9.17) is 28.9 Å². The van der Waals surface area contributed by atoms with Gasteiger partial charge in [0, 0.05) is 16.0 Å². The molecule has 6 heteroatoms. The molecule has 0 fully saturated rings. The van der Waals surface area contributed by atoms with Gasteiger partial charge in [0.05, 0.1) is 15.2 Å². The number of nitrogens with zero attached hydrogens (tertiary/aromatic N) is 2. The predicted molar refractivity (Wildman–Crippen MR) is 88.3 cm³/mol. The highest BCUT2D eigenvalue weighted by molar-refractivity contribution is 9.10. The normalized spacial score (nSPS) is 11.7. The van der Waals surface area contributed by atoms with Crippen LogP contribution in [0.2, 0.25) is 10.0 Å². The van der Waals surface area contributed by atoms with E-state index < -0.39 is 0 Å². The van der Waals surface area contributed by atoms with Crippen LogP contribution in [0.1, 0.15) is 26.5 Å². The summed E-state index contributed by atoms with van der Waals surface area (Å²) in [4.78, 5) is 8.90. The van der Waals surface area contributed by atoms with Crippen molar-refractivity contribution in [3.05, 3.63) is 38.4 Å². The average Bonchev–Trinajstić information content (AvgIpc) is 2.31. The smallest absolute Gasteiger partial charge is 0.163 e. The lowest BCUT2D eigenvalue weighted by molar-refractivity contribution is 0.565. The van der Waals surface area contributed by atoms with Gasteiger partial charge in [0.15, 0.2) is 5.82 Å². The zero-order valence-corrected chi connectivity index (χ0v) is 14.4. The quantitative estimate of drug-likeness (QED) is 0.755. The van der Waals surface area contributed by atoms with Crippen LogP contribution in [0.25, 0.3) is 11.4 Å². The fraction of sp³-hybridized carbons (Fsp3) is 0.286. The first kappa shape index (κ1) is 15.5. The predicted octanol–water partition coefficient (Wildman–Crippen LogP) is 5.09. The molecule has 0 aliphatic rings. The number of nitrogen functional groups attached to an aromatic ring is 1. The van der Waals surface area contributed by atoms with Gasteiger partial charge in [0.1, 0.15) is 5.82 Å². The second kappa shape index (κ2) is 5.51. The second-order valence-corrected chi connectivity index (χ2v) is 7.11. The van der Waals surface area contributed by atoms with Crippen molar-refractivity contribution in [1.82, 2.24) is 9.97 Å². The molecule has 0 atom stereocenters. The van der Waals surface area contributed by atoms with Crippen molar-refractivity contribution in [3.63, 3.8) is 0 Å². The number of halogens is 3. The maximum absolute atomic E-state index is 6.21. The Bertz CT molecular complexity index is 666. The second-order valence-electron chi connectivity index (χ2n) is 5.47. The van der Waals surface area contributed by atoms with Gasteiger partial charge >= 0.3 is 0 Å². The molecule has 0 radical (unpaired) electrons. The minimum absolute atomic E-state index is 0.163. The van der Waals surface area contributed by atoms with E-state index in [1.165, 1.54) is 0 Å². The molecule has 2 rings (SSSR count). The molecule has 0 saturated carbocycles. The van der Waals surface area contributed by atoms with Crippen molar-refractivity contribution in [1.29, 1.82) is 0 Å². The summed E-state index contributed by atoms with van der Waals surface area (Å²) in [6.45, 7) is 6.19. The molecule has 0 bridgehead atoms. The molecule has 20 heavy (non-hydrogen) atoms. The summed E-state index contributed by atoms with van der Waals surface area (Å²) in [6, 6.07) is 5.21. The molecule has 1 aromatic carbocycles. The SMILES string of the molecule is CC(C)(C)c1nc(-c2ccc(Cl)cc2Cl)nc(N)c1Br. The highest BCUT2D eigenvalue weighted by Crippen LogP contribution is 2.35. The van der Waals surface area contributed by atoms with Crippen LogP contribution in [-0.2, 0) is 5.41 Å². The lowest BCUT2D eigenvalue weighted by atomic mass is 9.91.